The van der Waals surface area contributed by atoms with Crippen LogP contribution in [0.25, 0.3) is 0 Å². The fourth-order valence-electron chi connectivity index (χ4n) is 2.85. The Morgan fingerprint density at radius 1 is 1.25 bits per heavy atom. The Labute approximate surface area is 121 Å². The zero-order valence-electron chi connectivity index (χ0n) is 12.4. The number of anilines is 1. The van der Waals surface area contributed by atoms with Crippen LogP contribution in [-0.4, -0.2) is 12.1 Å². The van der Waals surface area contributed by atoms with Gasteiger partial charge in [0, 0.05) is 18.3 Å². The van der Waals surface area contributed by atoms with Gasteiger partial charge in [-0.2, -0.15) is 0 Å². The van der Waals surface area contributed by atoms with Gasteiger partial charge < -0.3 is 16.4 Å². The lowest BCUT2D eigenvalue weighted by Crippen LogP contribution is -2.45. The second-order valence-corrected chi connectivity index (χ2v) is 5.87. The Morgan fingerprint density at radius 3 is 2.60 bits per heavy atom. The standard InChI is InChI=1S/C16H25N3O/c1-11-4-3-5-15(12(11)2)19-16(20)18-14-8-6-13(10-17)7-9-14/h6-9,11-12,15H,3-5,10,17H2,1-2H3,(H2,18,19,20). The predicted molar refractivity (Wildman–Crippen MR) is 82.5 cm³/mol. The Kier molecular flexibility index (Phi) is 5.01. The average Bonchev–Trinajstić information content (AvgIpc) is 2.45. The largest absolute Gasteiger partial charge is 0.335 e. The molecule has 20 heavy (non-hydrogen) atoms. The van der Waals surface area contributed by atoms with Gasteiger partial charge in [-0.25, -0.2) is 4.79 Å². The van der Waals surface area contributed by atoms with Crippen molar-refractivity contribution < 1.29 is 4.79 Å². The number of carbonyl (C=O) groups excluding carboxylic acids is 1. The van der Waals surface area contributed by atoms with E-state index in [1.54, 1.807) is 0 Å². The SMILES string of the molecule is CC1CCCC(NC(=O)Nc2ccc(CN)cc2)C1C. The van der Waals surface area contributed by atoms with Crippen LogP contribution < -0.4 is 16.4 Å². The molecule has 4 N–H and O–H groups in total. The molecule has 4 heteroatoms. The van der Waals surface area contributed by atoms with Gasteiger partial charge in [0.2, 0.25) is 0 Å². The highest BCUT2D eigenvalue weighted by molar-refractivity contribution is 5.89. The van der Waals surface area contributed by atoms with Crippen molar-refractivity contribution in [2.45, 2.75) is 45.7 Å². The number of amides is 2. The fraction of sp³-hybridized carbons (Fsp3) is 0.562. The number of carbonyl (C=O) groups is 1. The third kappa shape index (κ3) is 3.73. The van der Waals surface area contributed by atoms with E-state index in [0.717, 1.165) is 17.7 Å². The normalized spacial score (nSPS) is 26.1. The van der Waals surface area contributed by atoms with Crippen LogP contribution >= 0.6 is 0 Å². The van der Waals surface area contributed by atoms with Gasteiger partial charge in [0.1, 0.15) is 0 Å². The molecule has 2 rings (SSSR count). The molecular formula is C16H25N3O. The van der Waals surface area contributed by atoms with E-state index in [0.29, 0.717) is 18.4 Å². The van der Waals surface area contributed by atoms with Gasteiger partial charge in [0.25, 0.3) is 0 Å². The van der Waals surface area contributed by atoms with Crippen LogP contribution in [0.5, 0.6) is 0 Å². The molecule has 0 saturated heterocycles. The Hall–Kier alpha value is -1.55. The Bertz CT molecular complexity index is 444. The first-order valence-corrected chi connectivity index (χ1v) is 7.46. The summed E-state index contributed by atoms with van der Waals surface area (Å²) in [6.45, 7) is 5.01. The first-order valence-electron chi connectivity index (χ1n) is 7.46. The van der Waals surface area contributed by atoms with E-state index < -0.39 is 0 Å². The van der Waals surface area contributed by atoms with E-state index in [9.17, 15) is 4.79 Å². The quantitative estimate of drug-likeness (QED) is 0.793. The lowest BCUT2D eigenvalue weighted by Gasteiger charge is -2.34. The van der Waals surface area contributed by atoms with Crippen molar-refractivity contribution in [3.8, 4) is 0 Å². The maximum atomic E-state index is 12.0. The van der Waals surface area contributed by atoms with Gasteiger partial charge in [0.05, 0.1) is 0 Å². The van der Waals surface area contributed by atoms with Gasteiger partial charge in [-0.1, -0.05) is 38.8 Å². The highest BCUT2D eigenvalue weighted by Crippen LogP contribution is 2.29. The van der Waals surface area contributed by atoms with Crippen LogP contribution in [0.1, 0.15) is 38.7 Å². The minimum absolute atomic E-state index is 0.114. The third-order valence-electron chi connectivity index (χ3n) is 4.47. The molecule has 3 unspecified atom stereocenters. The number of nitrogens with two attached hydrogens (primary N) is 1. The molecule has 2 amide bonds. The molecule has 0 heterocycles. The Balaban J connectivity index is 1.88. The first kappa shape index (κ1) is 14.9. The summed E-state index contributed by atoms with van der Waals surface area (Å²) in [6.07, 6.45) is 3.54. The maximum Gasteiger partial charge on any atom is 0.319 e. The number of hydrogen-bond acceptors (Lipinski definition) is 2. The lowest BCUT2D eigenvalue weighted by molar-refractivity contribution is 0.201. The van der Waals surface area contributed by atoms with E-state index in [2.05, 4.69) is 24.5 Å². The van der Waals surface area contributed by atoms with Crippen LogP contribution in [0.4, 0.5) is 10.5 Å². The van der Waals surface area contributed by atoms with Gasteiger partial charge in [0.15, 0.2) is 0 Å². The molecule has 1 aliphatic carbocycles. The molecule has 0 bridgehead atoms. The third-order valence-corrected chi connectivity index (χ3v) is 4.47. The Morgan fingerprint density at radius 2 is 1.95 bits per heavy atom. The summed E-state index contributed by atoms with van der Waals surface area (Å²) >= 11 is 0. The monoisotopic (exact) mass is 275 g/mol. The summed E-state index contributed by atoms with van der Waals surface area (Å²) in [5.74, 6) is 1.21. The van der Waals surface area contributed by atoms with Crippen molar-refractivity contribution in [1.29, 1.82) is 0 Å². The average molecular weight is 275 g/mol. The molecule has 1 aromatic rings. The van der Waals surface area contributed by atoms with E-state index >= 15 is 0 Å². The molecule has 0 aliphatic heterocycles. The van der Waals surface area contributed by atoms with Crippen LogP contribution in [0, 0.1) is 11.8 Å². The fourth-order valence-corrected chi connectivity index (χ4v) is 2.85. The summed E-state index contributed by atoms with van der Waals surface area (Å²) in [5.41, 5.74) is 7.42. The highest BCUT2D eigenvalue weighted by Gasteiger charge is 2.28. The summed E-state index contributed by atoms with van der Waals surface area (Å²) in [5, 5.41) is 5.99. The van der Waals surface area contributed by atoms with Crippen LogP contribution in [0.2, 0.25) is 0 Å². The maximum absolute atomic E-state index is 12.0. The second-order valence-electron chi connectivity index (χ2n) is 5.87. The van der Waals surface area contributed by atoms with E-state index in [1.165, 1.54) is 12.8 Å². The molecule has 1 aliphatic rings. The summed E-state index contributed by atoms with van der Waals surface area (Å²) in [7, 11) is 0. The highest BCUT2D eigenvalue weighted by atomic mass is 16.2. The molecule has 1 aromatic carbocycles. The molecule has 1 saturated carbocycles. The number of hydrogen-bond donors (Lipinski definition) is 3. The number of nitrogens with one attached hydrogen (secondary N) is 2. The van der Waals surface area contributed by atoms with E-state index in [4.69, 9.17) is 5.73 Å². The molecule has 0 spiro atoms. The number of urea groups is 1. The smallest absolute Gasteiger partial charge is 0.319 e. The van der Waals surface area contributed by atoms with Gasteiger partial charge in [-0.3, -0.25) is 0 Å². The zero-order chi connectivity index (χ0) is 14.5. The van der Waals surface area contributed by atoms with Crippen molar-refractivity contribution in [2.75, 3.05) is 5.32 Å². The summed E-state index contributed by atoms with van der Waals surface area (Å²) < 4.78 is 0. The molecule has 1 fully saturated rings. The van der Waals surface area contributed by atoms with Crippen molar-refractivity contribution in [3.63, 3.8) is 0 Å². The van der Waals surface area contributed by atoms with Gasteiger partial charge in [-0.15, -0.1) is 0 Å². The van der Waals surface area contributed by atoms with Crippen molar-refractivity contribution in [1.82, 2.24) is 5.32 Å². The minimum atomic E-state index is -0.114. The van der Waals surface area contributed by atoms with Gasteiger partial charge >= 0.3 is 6.03 Å². The number of benzene rings is 1. The topological polar surface area (TPSA) is 67.2 Å². The minimum Gasteiger partial charge on any atom is -0.335 e. The molecule has 0 radical (unpaired) electrons. The molecule has 110 valence electrons. The van der Waals surface area contributed by atoms with E-state index in [1.807, 2.05) is 24.3 Å². The van der Waals surface area contributed by atoms with Crippen LogP contribution in [0.3, 0.4) is 0 Å². The van der Waals surface area contributed by atoms with Crippen LogP contribution in [-0.2, 0) is 6.54 Å². The number of rotatable bonds is 3. The van der Waals surface area contributed by atoms with Crippen molar-refractivity contribution in [2.24, 2.45) is 17.6 Å². The van der Waals surface area contributed by atoms with Crippen molar-refractivity contribution >= 4 is 11.7 Å². The second kappa shape index (κ2) is 6.75. The molecule has 4 nitrogen and oxygen atoms in total. The molecule has 0 aromatic heterocycles. The summed E-state index contributed by atoms with van der Waals surface area (Å²) in [4.78, 5) is 12.0. The first-order chi connectivity index (χ1) is 9.60. The van der Waals surface area contributed by atoms with Crippen molar-refractivity contribution in [3.05, 3.63) is 29.8 Å². The molecule has 3 atom stereocenters. The zero-order valence-corrected chi connectivity index (χ0v) is 12.4. The molecular weight excluding hydrogens is 250 g/mol. The predicted octanol–water partition coefficient (Wildman–Crippen LogP) is 3.09. The summed E-state index contributed by atoms with van der Waals surface area (Å²) in [6, 6.07) is 7.80. The van der Waals surface area contributed by atoms with Crippen LogP contribution in [0.15, 0.2) is 24.3 Å². The van der Waals surface area contributed by atoms with E-state index in [-0.39, 0.29) is 12.1 Å². The van der Waals surface area contributed by atoms with Gasteiger partial charge in [-0.05, 0) is 36.0 Å². The lowest BCUT2D eigenvalue weighted by atomic mass is 9.78.